The molecular weight excluding hydrogens is 393 g/mol. The predicted molar refractivity (Wildman–Crippen MR) is 95.6 cm³/mol. The minimum atomic E-state index is -0.660. The van der Waals surface area contributed by atoms with Gasteiger partial charge in [-0.2, -0.15) is 0 Å². The van der Waals surface area contributed by atoms with E-state index in [1.165, 1.54) is 32.4 Å². The van der Waals surface area contributed by atoms with Crippen molar-refractivity contribution in [2.75, 3.05) is 26.7 Å². The lowest BCUT2D eigenvalue weighted by Crippen LogP contribution is -2.65. The number of carbonyl (C=O) groups is 1. The number of piperidine rings is 3. The highest BCUT2D eigenvalue weighted by Crippen LogP contribution is 2.42. The number of rotatable bonds is 5. The number of halogens is 1. The van der Waals surface area contributed by atoms with Gasteiger partial charge in [0.15, 0.2) is 0 Å². The first-order valence-electron chi connectivity index (χ1n) is 8.60. The number of hydrogen-bond acceptors (Lipinski definition) is 4. The summed E-state index contributed by atoms with van der Waals surface area (Å²) in [5, 5.41) is 12.6. The maximum absolute atomic E-state index is 10.7. The molecule has 5 nitrogen and oxygen atoms in total. The van der Waals surface area contributed by atoms with E-state index in [0.29, 0.717) is 12.5 Å². The van der Waals surface area contributed by atoms with Gasteiger partial charge < -0.3 is 10.4 Å². The number of carboxylic acids is 1. The molecular formula is C16H28IN3O2. The number of aliphatic carboxylic acids is 1. The molecule has 5 atom stereocenters. The van der Waals surface area contributed by atoms with Gasteiger partial charge in [-0.05, 0) is 78.1 Å². The highest BCUT2D eigenvalue weighted by molar-refractivity contribution is 14.2. The van der Waals surface area contributed by atoms with E-state index in [-0.39, 0.29) is 21.0 Å². The summed E-state index contributed by atoms with van der Waals surface area (Å²) in [5.74, 6) is 0.868. The van der Waals surface area contributed by atoms with Gasteiger partial charge in [-0.15, -0.1) is 0 Å². The van der Waals surface area contributed by atoms with Gasteiger partial charge in [0.1, 0.15) is 0 Å². The number of carboxylic acid groups (broad SMARTS) is 1. The first kappa shape index (κ1) is 16.8. The molecule has 126 valence electrons. The summed E-state index contributed by atoms with van der Waals surface area (Å²) in [4.78, 5) is 13.5. The Kier molecular flexibility index (Phi) is 5.84. The molecule has 3 aliphatic heterocycles. The normalized spacial score (nSPS) is 39.2. The van der Waals surface area contributed by atoms with Gasteiger partial charge in [0, 0.05) is 36.0 Å². The quantitative estimate of drug-likeness (QED) is 0.529. The summed E-state index contributed by atoms with van der Waals surface area (Å²) >= 11 is 0.0108. The Labute approximate surface area is 143 Å². The lowest BCUT2D eigenvalue weighted by Gasteiger charge is -2.55. The largest absolute Gasteiger partial charge is 0.481 e. The summed E-state index contributed by atoms with van der Waals surface area (Å²) < 4.78 is 5.32. The van der Waals surface area contributed by atoms with Crippen LogP contribution in [-0.2, 0) is 4.79 Å². The zero-order chi connectivity index (χ0) is 15.5. The third kappa shape index (κ3) is 3.70. The van der Waals surface area contributed by atoms with Crippen LogP contribution in [0.3, 0.4) is 0 Å². The molecule has 6 heteroatoms. The van der Waals surface area contributed by atoms with E-state index in [1.807, 2.05) is 7.05 Å². The van der Waals surface area contributed by atoms with Crippen molar-refractivity contribution >= 4 is 27.0 Å². The second-order valence-corrected chi connectivity index (χ2v) is 10.2. The van der Waals surface area contributed by atoms with Crippen molar-refractivity contribution in [3.05, 3.63) is 0 Å². The maximum atomic E-state index is 10.7. The highest BCUT2D eigenvalue weighted by Gasteiger charge is 2.47. The van der Waals surface area contributed by atoms with Gasteiger partial charge in [-0.3, -0.25) is 12.8 Å². The Hall–Kier alpha value is -0.0800. The minimum Gasteiger partial charge on any atom is -0.481 e. The molecule has 0 aromatic rings. The monoisotopic (exact) mass is 421 g/mol. The lowest BCUT2D eigenvalue weighted by molar-refractivity contribution is -0.137. The van der Waals surface area contributed by atoms with Crippen molar-refractivity contribution in [3.8, 4) is 0 Å². The number of nitrogens with one attached hydrogen (secondary N) is 1. The number of alkyl halides is 1. The fourth-order valence-corrected chi connectivity index (χ4v) is 7.22. The summed E-state index contributed by atoms with van der Waals surface area (Å²) in [6.45, 7) is 3.66. The van der Waals surface area contributed by atoms with Crippen molar-refractivity contribution in [1.29, 1.82) is 0 Å². The molecule has 3 saturated heterocycles. The van der Waals surface area contributed by atoms with Crippen molar-refractivity contribution in [1.82, 2.24) is 10.2 Å². The van der Waals surface area contributed by atoms with E-state index in [9.17, 15) is 4.79 Å². The molecule has 0 spiro atoms. The van der Waals surface area contributed by atoms with Crippen molar-refractivity contribution in [2.45, 2.75) is 54.5 Å². The fourth-order valence-electron chi connectivity index (χ4n) is 4.87. The van der Waals surface area contributed by atoms with Gasteiger partial charge in [-0.25, -0.2) is 0 Å². The van der Waals surface area contributed by atoms with Crippen LogP contribution in [0.2, 0.25) is 0 Å². The first-order valence-corrected chi connectivity index (χ1v) is 10.8. The molecule has 0 radical (unpaired) electrons. The third-order valence-corrected chi connectivity index (χ3v) is 7.86. The Morgan fingerprint density at radius 1 is 1.50 bits per heavy atom. The highest BCUT2D eigenvalue weighted by atomic mass is 127. The molecule has 3 unspecified atom stereocenters. The summed E-state index contributed by atoms with van der Waals surface area (Å²) in [6.07, 6.45) is 6.13. The molecule has 0 saturated carbocycles. The predicted octanol–water partition coefficient (Wildman–Crippen LogP) is 2.47. The van der Waals surface area contributed by atoms with Crippen molar-refractivity contribution < 1.29 is 9.90 Å². The zero-order valence-electron chi connectivity index (χ0n) is 13.4. The standard InChI is InChI=1S/C16H28IN3O2/c1-18-17-12-8-11-9-19-14(5-2-6-15(21)22)13-4-3-7-20(10-12)16(11)13/h11-14,16,19H,2-10H2,1H3,(H,21,22)/t11-,12?,13-,14?,16?/m1/s1. The first-order chi connectivity index (χ1) is 10.7. The van der Waals surface area contributed by atoms with E-state index < -0.39 is 5.97 Å². The summed E-state index contributed by atoms with van der Waals surface area (Å²) in [6, 6.07) is 1.28. The van der Waals surface area contributed by atoms with Crippen LogP contribution in [0.1, 0.15) is 38.5 Å². The summed E-state index contributed by atoms with van der Waals surface area (Å²) in [7, 11) is 1.98. The number of hydrogen-bond donors (Lipinski definition) is 2. The maximum Gasteiger partial charge on any atom is 0.303 e. The molecule has 0 aliphatic carbocycles. The van der Waals surface area contributed by atoms with Crippen LogP contribution in [0.4, 0.5) is 0 Å². The van der Waals surface area contributed by atoms with Crippen LogP contribution in [-0.4, -0.2) is 58.7 Å². The van der Waals surface area contributed by atoms with Gasteiger partial charge in [0.05, 0.1) is 0 Å². The zero-order valence-corrected chi connectivity index (χ0v) is 15.5. The van der Waals surface area contributed by atoms with Crippen LogP contribution in [0.25, 0.3) is 0 Å². The lowest BCUT2D eigenvalue weighted by atomic mass is 9.70. The van der Waals surface area contributed by atoms with Gasteiger partial charge >= 0.3 is 5.97 Å². The van der Waals surface area contributed by atoms with Gasteiger partial charge in [0.2, 0.25) is 0 Å². The molecule has 22 heavy (non-hydrogen) atoms. The van der Waals surface area contributed by atoms with E-state index in [1.54, 1.807) is 0 Å². The SMILES string of the molecule is CN=IC1C[C@@H]2CNC(CCCC(=O)O)[C@H]3CCCN(C1)C23. The Morgan fingerprint density at radius 3 is 3.14 bits per heavy atom. The van der Waals surface area contributed by atoms with Gasteiger partial charge in [-0.1, -0.05) is 0 Å². The smallest absolute Gasteiger partial charge is 0.303 e. The molecule has 3 heterocycles. The van der Waals surface area contributed by atoms with Crippen LogP contribution in [0, 0.1) is 11.8 Å². The van der Waals surface area contributed by atoms with E-state index in [0.717, 1.165) is 41.2 Å². The van der Waals surface area contributed by atoms with Crippen molar-refractivity contribution in [3.63, 3.8) is 0 Å². The van der Waals surface area contributed by atoms with Crippen LogP contribution in [0.5, 0.6) is 0 Å². The molecule has 0 aromatic carbocycles. The Morgan fingerprint density at radius 2 is 2.36 bits per heavy atom. The summed E-state index contributed by atoms with van der Waals surface area (Å²) in [5.41, 5.74) is 0. The average Bonchev–Trinajstić information content (AvgIpc) is 2.49. The van der Waals surface area contributed by atoms with Crippen LogP contribution >= 0.6 is 21.0 Å². The molecule has 3 rings (SSSR count). The molecule has 3 fully saturated rings. The van der Waals surface area contributed by atoms with E-state index >= 15 is 0 Å². The van der Waals surface area contributed by atoms with Crippen LogP contribution in [0.15, 0.2) is 3.15 Å². The topological polar surface area (TPSA) is 64.9 Å². The third-order valence-electron chi connectivity index (χ3n) is 5.62. The Bertz CT molecular complexity index is 424. The van der Waals surface area contributed by atoms with E-state index in [4.69, 9.17) is 5.11 Å². The van der Waals surface area contributed by atoms with Gasteiger partial charge in [0.25, 0.3) is 0 Å². The molecule has 0 aromatic heterocycles. The molecule has 3 aliphatic rings. The van der Waals surface area contributed by atoms with Crippen LogP contribution < -0.4 is 5.32 Å². The fraction of sp³-hybridized carbons (Fsp3) is 0.938. The Balaban J connectivity index is 1.64. The second kappa shape index (κ2) is 7.66. The number of nitrogens with zero attached hydrogens (tertiary/aromatic N) is 2. The van der Waals surface area contributed by atoms with Crippen molar-refractivity contribution in [2.24, 2.45) is 15.0 Å². The molecule has 0 bridgehead atoms. The van der Waals surface area contributed by atoms with E-state index in [2.05, 4.69) is 13.4 Å². The molecule has 2 N–H and O–H groups in total. The molecule has 0 amide bonds. The second-order valence-electron chi connectivity index (χ2n) is 6.95. The minimum absolute atomic E-state index is 0.0108. The average molecular weight is 421 g/mol.